The Kier molecular flexibility index (Phi) is 4.87. The summed E-state index contributed by atoms with van der Waals surface area (Å²) >= 11 is 7.65. The molecule has 1 saturated heterocycles. The van der Waals surface area contributed by atoms with Gasteiger partial charge in [-0.1, -0.05) is 6.92 Å². The zero-order valence-electron chi connectivity index (χ0n) is 11.2. The molecule has 1 aliphatic heterocycles. The van der Waals surface area contributed by atoms with Gasteiger partial charge in [0.2, 0.25) is 10.0 Å². The molecule has 2 rings (SSSR count). The van der Waals surface area contributed by atoms with Crippen molar-refractivity contribution in [1.29, 1.82) is 0 Å². The molecule has 108 valence electrons. The van der Waals surface area contributed by atoms with Gasteiger partial charge in [0.05, 0.1) is 5.88 Å². The summed E-state index contributed by atoms with van der Waals surface area (Å²) in [5, 5.41) is 0.403. The predicted octanol–water partition coefficient (Wildman–Crippen LogP) is 2.28. The van der Waals surface area contributed by atoms with Crippen LogP contribution in [0.15, 0.2) is 17.2 Å². The molecule has 19 heavy (non-hydrogen) atoms. The first-order valence-corrected chi connectivity index (χ1v) is 9.34. The first-order valence-electron chi connectivity index (χ1n) is 6.32. The van der Waals surface area contributed by atoms with Crippen LogP contribution in [0.2, 0.25) is 0 Å². The molecule has 0 spiro atoms. The van der Waals surface area contributed by atoms with Gasteiger partial charge in [-0.3, -0.25) is 0 Å². The fourth-order valence-corrected chi connectivity index (χ4v) is 5.40. The number of aromatic nitrogens is 1. The molecule has 2 heterocycles. The summed E-state index contributed by atoms with van der Waals surface area (Å²) in [5.41, 5.74) is 0.818. The average Bonchev–Trinajstić information content (AvgIpc) is 2.80. The summed E-state index contributed by atoms with van der Waals surface area (Å²) in [4.78, 5) is 0.354. The van der Waals surface area contributed by atoms with Crippen molar-refractivity contribution in [2.24, 2.45) is 7.05 Å². The van der Waals surface area contributed by atoms with Crippen LogP contribution in [0.5, 0.6) is 0 Å². The molecular weight excluding hydrogens is 304 g/mol. The zero-order chi connectivity index (χ0) is 14.0. The highest BCUT2D eigenvalue weighted by Crippen LogP contribution is 2.27. The van der Waals surface area contributed by atoms with E-state index in [1.807, 2.05) is 18.8 Å². The van der Waals surface area contributed by atoms with Crippen molar-refractivity contribution in [3.05, 3.63) is 18.0 Å². The van der Waals surface area contributed by atoms with Crippen molar-refractivity contribution in [1.82, 2.24) is 8.87 Å². The van der Waals surface area contributed by atoms with Crippen LogP contribution in [0.4, 0.5) is 0 Å². The standard InChI is InChI=1S/C12H19ClN2O2S2/c1-3-11-8-15(4-5-18-11)19(16,17)12-6-10(7-13)14(2)9-12/h6,9,11H,3-5,7-8H2,1-2H3. The van der Waals surface area contributed by atoms with Gasteiger partial charge in [0, 0.05) is 43.0 Å². The molecule has 1 aliphatic rings. The van der Waals surface area contributed by atoms with Gasteiger partial charge in [-0.15, -0.1) is 11.6 Å². The van der Waals surface area contributed by atoms with Crippen LogP contribution in [0.25, 0.3) is 0 Å². The van der Waals surface area contributed by atoms with Crippen LogP contribution >= 0.6 is 23.4 Å². The van der Waals surface area contributed by atoms with E-state index >= 15 is 0 Å². The van der Waals surface area contributed by atoms with Crippen molar-refractivity contribution in [2.75, 3.05) is 18.8 Å². The first kappa shape index (κ1) is 15.2. The Labute approximate surface area is 124 Å². The molecule has 1 unspecified atom stereocenters. The Hall–Kier alpha value is -0.170. The molecule has 0 N–H and O–H groups in total. The number of hydrogen-bond donors (Lipinski definition) is 0. The van der Waals surface area contributed by atoms with Gasteiger partial charge in [-0.25, -0.2) is 8.42 Å². The normalized spacial score (nSPS) is 21.7. The molecule has 0 radical (unpaired) electrons. The van der Waals surface area contributed by atoms with Crippen molar-refractivity contribution in [2.45, 2.75) is 29.4 Å². The number of hydrogen-bond acceptors (Lipinski definition) is 3. The molecule has 0 amide bonds. The van der Waals surface area contributed by atoms with E-state index in [1.165, 1.54) is 0 Å². The quantitative estimate of drug-likeness (QED) is 0.799. The average molecular weight is 323 g/mol. The molecule has 0 aromatic carbocycles. The maximum Gasteiger partial charge on any atom is 0.244 e. The van der Waals surface area contributed by atoms with Gasteiger partial charge < -0.3 is 4.57 Å². The monoisotopic (exact) mass is 322 g/mol. The van der Waals surface area contributed by atoms with E-state index in [0.717, 1.165) is 17.9 Å². The smallest absolute Gasteiger partial charge is 0.244 e. The van der Waals surface area contributed by atoms with Gasteiger partial charge in [-0.2, -0.15) is 16.1 Å². The Morgan fingerprint density at radius 1 is 1.53 bits per heavy atom. The molecule has 7 heteroatoms. The summed E-state index contributed by atoms with van der Waals surface area (Å²) in [5.74, 6) is 1.19. The summed E-state index contributed by atoms with van der Waals surface area (Å²) in [6, 6.07) is 1.67. The lowest BCUT2D eigenvalue weighted by atomic mass is 10.3. The molecule has 4 nitrogen and oxygen atoms in total. The molecule has 0 saturated carbocycles. The minimum atomic E-state index is -3.38. The van der Waals surface area contributed by atoms with Crippen molar-refractivity contribution in [3.63, 3.8) is 0 Å². The van der Waals surface area contributed by atoms with Gasteiger partial charge in [0.15, 0.2) is 0 Å². The highest BCUT2D eigenvalue weighted by Gasteiger charge is 2.30. The van der Waals surface area contributed by atoms with Crippen LogP contribution in [-0.2, 0) is 23.0 Å². The number of aryl methyl sites for hydroxylation is 1. The number of rotatable bonds is 4. The predicted molar refractivity (Wildman–Crippen MR) is 80.3 cm³/mol. The lowest BCUT2D eigenvalue weighted by molar-refractivity contribution is 0.416. The van der Waals surface area contributed by atoms with Gasteiger partial charge in [-0.05, 0) is 12.5 Å². The Morgan fingerprint density at radius 2 is 2.26 bits per heavy atom. The minimum absolute atomic E-state index is 0.319. The number of alkyl halides is 1. The molecule has 0 bridgehead atoms. The number of thioether (sulfide) groups is 1. The summed E-state index contributed by atoms with van der Waals surface area (Å²) in [6.07, 6.45) is 2.65. The first-order chi connectivity index (χ1) is 8.98. The fraction of sp³-hybridized carbons (Fsp3) is 0.667. The van der Waals surface area contributed by atoms with Crippen LogP contribution in [-0.4, -0.2) is 41.4 Å². The maximum atomic E-state index is 12.6. The molecule has 0 aliphatic carbocycles. The molecule has 1 fully saturated rings. The Bertz CT molecular complexity index is 542. The van der Waals surface area contributed by atoms with E-state index in [9.17, 15) is 8.42 Å². The van der Waals surface area contributed by atoms with Crippen molar-refractivity contribution in [3.8, 4) is 0 Å². The van der Waals surface area contributed by atoms with E-state index in [2.05, 4.69) is 6.92 Å². The Balaban J connectivity index is 2.25. The van der Waals surface area contributed by atoms with Crippen molar-refractivity contribution >= 4 is 33.4 Å². The largest absolute Gasteiger partial charge is 0.352 e. The third-order valence-corrected chi connectivity index (χ3v) is 6.89. The van der Waals surface area contributed by atoms with Crippen molar-refractivity contribution < 1.29 is 8.42 Å². The second kappa shape index (κ2) is 6.08. The Morgan fingerprint density at radius 3 is 2.84 bits per heavy atom. The number of nitrogens with zero attached hydrogens (tertiary/aromatic N) is 2. The molecule has 1 aromatic heterocycles. The van der Waals surface area contributed by atoms with E-state index in [1.54, 1.807) is 21.1 Å². The van der Waals surface area contributed by atoms with Gasteiger partial charge >= 0.3 is 0 Å². The lowest BCUT2D eigenvalue weighted by Gasteiger charge is -2.30. The van der Waals surface area contributed by atoms with Gasteiger partial charge in [0.25, 0.3) is 0 Å². The SMILES string of the molecule is CCC1CN(S(=O)(=O)c2cc(CCl)n(C)c2)CCS1. The summed E-state index contributed by atoms with van der Waals surface area (Å²) in [6.45, 7) is 3.30. The van der Waals surface area contributed by atoms with Crippen LogP contribution in [0.1, 0.15) is 19.0 Å². The molecular formula is C12H19ClN2O2S2. The summed E-state index contributed by atoms with van der Waals surface area (Å²) in [7, 11) is -1.56. The van der Waals surface area contributed by atoms with E-state index in [-0.39, 0.29) is 0 Å². The van der Waals surface area contributed by atoms with Gasteiger partial charge in [0.1, 0.15) is 4.90 Å². The van der Waals surface area contributed by atoms with Crippen LogP contribution in [0, 0.1) is 0 Å². The van der Waals surface area contributed by atoms with Crippen LogP contribution in [0.3, 0.4) is 0 Å². The van der Waals surface area contributed by atoms with E-state index < -0.39 is 10.0 Å². The highest BCUT2D eigenvalue weighted by molar-refractivity contribution is 8.00. The van der Waals surface area contributed by atoms with Crippen LogP contribution < -0.4 is 0 Å². The zero-order valence-corrected chi connectivity index (χ0v) is 13.6. The lowest BCUT2D eigenvalue weighted by Crippen LogP contribution is -2.41. The number of halogens is 1. The minimum Gasteiger partial charge on any atom is -0.352 e. The second-order valence-electron chi connectivity index (χ2n) is 4.68. The van der Waals surface area contributed by atoms with E-state index in [0.29, 0.717) is 29.1 Å². The topological polar surface area (TPSA) is 42.3 Å². The summed E-state index contributed by atoms with van der Waals surface area (Å²) < 4.78 is 28.6. The maximum absolute atomic E-state index is 12.6. The molecule has 1 aromatic rings. The third-order valence-electron chi connectivity index (χ3n) is 3.41. The number of sulfonamides is 1. The highest BCUT2D eigenvalue weighted by atomic mass is 35.5. The fourth-order valence-electron chi connectivity index (χ4n) is 2.16. The third kappa shape index (κ3) is 3.12. The molecule has 1 atom stereocenters. The van der Waals surface area contributed by atoms with E-state index in [4.69, 9.17) is 11.6 Å². The second-order valence-corrected chi connectivity index (χ2v) is 8.29.